The number of fused-ring (bicyclic) bond motifs is 1. The van der Waals surface area contributed by atoms with Crippen LogP contribution < -0.4 is 10.6 Å². The monoisotopic (exact) mass is 441 g/mol. The third-order valence-corrected chi connectivity index (χ3v) is 6.14. The van der Waals surface area contributed by atoms with E-state index in [9.17, 15) is 9.59 Å². The number of nitrogens with one attached hydrogen (secondary N) is 2. The van der Waals surface area contributed by atoms with Crippen molar-refractivity contribution >= 4 is 11.9 Å². The molecule has 1 heterocycles. The van der Waals surface area contributed by atoms with Gasteiger partial charge in [0.25, 0.3) is 5.91 Å². The Morgan fingerprint density at radius 3 is 2.30 bits per heavy atom. The van der Waals surface area contributed by atoms with Crippen molar-refractivity contribution in [2.45, 2.75) is 39.3 Å². The zero-order chi connectivity index (χ0) is 23.0. The van der Waals surface area contributed by atoms with E-state index in [1.807, 2.05) is 54.3 Å². The molecule has 4 rings (SSSR count). The van der Waals surface area contributed by atoms with Crippen molar-refractivity contribution in [3.8, 4) is 0 Å². The molecule has 0 spiro atoms. The molecule has 3 aromatic rings. The number of hydrogen-bond acceptors (Lipinski definition) is 2. The summed E-state index contributed by atoms with van der Waals surface area (Å²) in [5.41, 5.74) is 6.49. The summed E-state index contributed by atoms with van der Waals surface area (Å²) in [7, 11) is 0. The fraction of sp³-hybridized carbons (Fsp3) is 0.286. The Labute approximate surface area is 195 Å². The summed E-state index contributed by atoms with van der Waals surface area (Å²) in [6, 6.07) is 24.0. The number of urea groups is 1. The summed E-state index contributed by atoms with van der Waals surface area (Å²) in [5.74, 6) is -0.119. The topological polar surface area (TPSA) is 61.4 Å². The standard InChI is InChI=1S/C28H31N3O2/c1-21-11-13-22(14-12-21)19-29-27(32)26-9-4-6-23(18-26)20-30-28(33)31-16-5-10-24-7-2-3-8-25(24)15-17-31/h2-4,6-9,11-14,18H,5,10,15-17,19-20H2,1H3,(H,29,32)(H,30,33). The Morgan fingerprint density at radius 2 is 1.52 bits per heavy atom. The van der Waals surface area contributed by atoms with Gasteiger partial charge in [0.2, 0.25) is 0 Å². The van der Waals surface area contributed by atoms with E-state index in [-0.39, 0.29) is 11.9 Å². The van der Waals surface area contributed by atoms with Gasteiger partial charge in [-0.05, 0) is 60.6 Å². The van der Waals surface area contributed by atoms with Gasteiger partial charge in [-0.2, -0.15) is 0 Å². The van der Waals surface area contributed by atoms with Crippen molar-refractivity contribution in [3.05, 3.63) is 106 Å². The number of rotatable bonds is 5. The number of aryl methyl sites for hydroxylation is 2. The minimum absolute atomic E-state index is 0.0522. The van der Waals surface area contributed by atoms with Crippen molar-refractivity contribution in [1.29, 1.82) is 0 Å². The van der Waals surface area contributed by atoms with E-state index < -0.39 is 0 Å². The average Bonchev–Trinajstić information content (AvgIpc) is 2.83. The van der Waals surface area contributed by atoms with Crippen LogP contribution in [-0.2, 0) is 25.9 Å². The van der Waals surface area contributed by atoms with E-state index in [4.69, 9.17) is 0 Å². The second-order valence-electron chi connectivity index (χ2n) is 8.64. The predicted octanol–water partition coefficient (Wildman–Crippen LogP) is 4.63. The first-order valence-corrected chi connectivity index (χ1v) is 11.6. The van der Waals surface area contributed by atoms with Gasteiger partial charge in [0.15, 0.2) is 0 Å². The third kappa shape index (κ3) is 6.22. The molecule has 0 radical (unpaired) electrons. The van der Waals surface area contributed by atoms with Gasteiger partial charge in [-0.15, -0.1) is 0 Å². The van der Waals surface area contributed by atoms with Gasteiger partial charge in [0.05, 0.1) is 0 Å². The van der Waals surface area contributed by atoms with Gasteiger partial charge in [0.1, 0.15) is 0 Å². The molecule has 33 heavy (non-hydrogen) atoms. The fourth-order valence-electron chi connectivity index (χ4n) is 4.18. The highest BCUT2D eigenvalue weighted by atomic mass is 16.2. The molecule has 0 atom stereocenters. The molecule has 0 bridgehead atoms. The Morgan fingerprint density at radius 1 is 0.788 bits per heavy atom. The molecule has 0 aliphatic carbocycles. The Kier molecular flexibility index (Phi) is 7.40. The maximum atomic E-state index is 12.8. The summed E-state index contributed by atoms with van der Waals surface area (Å²) < 4.78 is 0. The van der Waals surface area contributed by atoms with Crippen LogP contribution in [0, 0.1) is 6.92 Å². The molecule has 3 amide bonds. The molecule has 0 fully saturated rings. The first-order valence-electron chi connectivity index (χ1n) is 11.6. The molecular weight excluding hydrogens is 410 g/mol. The van der Waals surface area contributed by atoms with Crippen LogP contribution in [0.2, 0.25) is 0 Å². The van der Waals surface area contributed by atoms with Crippen LogP contribution in [0.3, 0.4) is 0 Å². The summed E-state index contributed by atoms with van der Waals surface area (Å²) in [5, 5.41) is 5.99. The first-order chi connectivity index (χ1) is 16.1. The summed E-state index contributed by atoms with van der Waals surface area (Å²) >= 11 is 0. The molecule has 2 N–H and O–H groups in total. The lowest BCUT2D eigenvalue weighted by Gasteiger charge is -2.26. The maximum Gasteiger partial charge on any atom is 0.317 e. The van der Waals surface area contributed by atoms with E-state index in [2.05, 4.69) is 34.9 Å². The Hall–Kier alpha value is -3.60. The van der Waals surface area contributed by atoms with Crippen LogP contribution in [0.4, 0.5) is 4.79 Å². The van der Waals surface area contributed by atoms with E-state index in [1.165, 1.54) is 16.7 Å². The Balaban J connectivity index is 1.29. The molecule has 5 nitrogen and oxygen atoms in total. The van der Waals surface area contributed by atoms with E-state index >= 15 is 0 Å². The second-order valence-corrected chi connectivity index (χ2v) is 8.64. The van der Waals surface area contributed by atoms with Crippen LogP contribution in [0.15, 0.2) is 72.8 Å². The maximum absolute atomic E-state index is 12.8. The van der Waals surface area contributed by atoms with E-state index in [1.54, 1.807) is 6.07 Å². The highest BCUT2D eigenvalue weighted by Crippen LogP contribution is 2.16. The lowest BCUT2D eigenvalue weighted by Crippen LogP contribution is -2.42. The van der Waals surface area contributed by atoms with Gasteiger partial charge in [-0.1, -0.05) is 66.2 Å². The van der Waals surface area contributed by atoms with Crippen molar-refractivity contribution in [2.24, 2.45) is 0 Å². The molecule has 1 aliphatic rings. The van der Waals surface area contributed by atoms with Crippen LogP contribution >= 0.6 is 0 Å². The third-order valence-electron chi connectivity index (χ3n) is 6.14. The molecule has 0 saturated carbocycles. The lowest BCUT2D eigenvalue weighted by molar-refractivity contribution is 0.0951. The molecule has 0 unspecified atom stereocenters. The van der Waals surface area contributed by atoms with Crippen LogP contribution in [0.5, 0.6) is 0 Å². The molecule has 1 aliphatic heterocycles. The average molecular weight is 442 g/mol. The smallest absolute Gasteiger partial charge is 0.317 e. The zero-order valence-corrected chi connectivity index (χ0v) is 19.1. The van der Waals surface area contributed by atoms with Crippen LogP contribution in [0.1, 0.15) is 44.6 Å². The number of carbonyl (C=O) groups excluding carboxylic acids is 2. The van der Waals surface area contributed by atoms with Gasteiger partial charge in [-0.3, -0.25) is 4.79 Å². The first kappa shape index (κ1) is 22.6. The highest BCUT2D eigenvalue weighted by molar-refractivity contribution is 5.94. The van der Waals surface area contributed by atoms with Gasteiger partial charge < -0.3 is 15.5 Å². The van der Waals surface area contributed by atoms with Crippen molar-refractivity contribution in [3.63, 3.8) is 0 Å². The summed E-state index contributed by atoms with van der Waals surface area (Å²) in [4.78, 5) is 27.3. The molecule has 3 aromatic carbocycles. The van der Waals surface area contributed by atoms with Gasteiger partial charge in [0, 0.05) is 31.7 Å². The lowest BCUT2D eigenvalue weighted by atomic mass is 9.98. The summed E-state index contributed by atoms with van der Waals surface area (Å²) in [6.07, 6.45) is 2.83. The highest BCUT2D eigenvalue weighted by Gasteiger charge is 2.17. The van der Waals surface area contributed by atoms with Crippen molar-refractivity contribution in [2.75, 3.05) is 13.1 Å². The van der Waals surface area contributed by atoms with Gasteiger partial charge in [-0.25, -0.2) is 4.79 Å². The van der Waals surface area contributed by atoms with E-state index in [0.29, 0.717) is 25.2 Å². The number of nitrogens with zero attached hydrogens (tertiary/aromatic N) is 1. The molecule has 0 aromatic heterocycles. The van der Waals surface area contributed by atoms with E-state index in [0.717, 1.165) is 36.9 Å². The second kappa shape index (κ2) is 10.8. The minimum atomic E-state index is -0.119. The predicted molar refractivity (Wildman–Crippen MR) is 131 cm³/mol. The fourth-order valence-corrected chi connectivity index (χ4v) is 4.18. The van der Waals surface area contributed by atoms with Crippen molar-refractivity contribution in [1.82, 2.24) is 15.5 Å². The zero-order valence-electron chi connectivity index (χ0n) is 19.1. The number of hydrogen-bond donors (Lipinski definition) is 2. The van der Waals surface area contributed by atoms with Crippen LogP contribution in [-0.4, -0.2) is 29.9 Å². The largest absolute Gasteiger partial charge is 0.348 e. The molecule has 5 heteroatoms. The summed E-state index contributed by atoms with van der Waals surface area (Å²) in [6.45, 7) is 4.38. The molecule has 170 valence electrons. The SMILES string of the molecule is Cc1ccc(CNC(=O)c2cccc(CNC(=O)N3CCCc4ccccc4CC3)c2)cc1. The van der Waals surface area contributed by atoms with Crippen molar-refractivity contribution < 1.29 is 9.59 Å². The molecular formula is C28H31N3O2. The molecule has 0 saturated heterocycles. The number of carbonyl (C=O) groups is 2. The van der Waals surface area contributed by atoms with Crippen LogP contribution in [0.25, 0.3) is 0 Å². The Bertz CT molecular complexity index is 1110. The van der Waals surface area contributed by atoms with Gasteiger partial charge >= 0.3 is 6.03 Å². The number of amides is 3. The quantitative estimate of drug-likeness (QED) is 0.607. The number of benzene rings is 3. The minimum Gasteiger partial charge on any atom is -0.348 e. The normalized spacial score (nSPS) is 13.4.